The average molecular weight is 406 g/mol. The number of fused-ring (bicyclic) bond motifs is 1. The van der Waals surface area contributed by atoms with E-state index in [1.165, 1.54) is 0 Å². The number of aromatic nitrogens is 6. The fraction of sp³-hybridized carbons (Fsp3) is 0.200. The molecule has 9 heteroatoms. The van der Waals surface area contributed by atoms with Gasteiger partial charge < -0.3 is 4.74 Å². The topological polar surface area (TPSA) is 87.7 Å². The maximum Gasteiger partial charge on any atom is 0.360 e. The second kappa shape index (κ2) is 7.88. The molecular formula is C20H18N6O2S. The largest absolute Gasteiger partial charge is 0.461 e. The SMILES string of the molecule is CCOC(=O)c1nn(Cc2ccc(-c3cnn(C)c3)nc2)c2ncccc2c1=S. The van der Waals surface area contributed by atoms with Gasteiger partial charge in [0.25, 0.3) is 0 Å². The van der Waals surface area contributed by atoms with E-state index in [-0.39, 0.29) is 12.3 Å². The van der Waals surface area contributed by atoms with Crippen LogP contribution in [0.2, 0.25) is 0 Å². The van der Waals surface area contributed by atoms with Crippen molar-refractivity contribution in [3.8, 4) is 11.3 Å². The number of ether oxygens (including phenoxy) is 1. The minimum atomic E-state index is -0.540. The molecule has 0 saturated carbocycles. The first-order valence-corrected chi connectivity index (χ1v) is 9.44. The van der Waals surface area contributed by atoms with Crippen molar-refractivity contribution in [2.75, 3.05) is 6.61 Å². The lowest BCUT2D eigenvalue weighted by molar-refractivity contribution is 0.0516. The Labute approximate surface area is 171 Å². The third kappa shape index (κ3) is 3.77. The van der Waals surface area contributed by atoms with E-state index in [0.717, 1.165) is 16.8 Å². The number of nitrogens with zero attached hydrogens (tertiary/aromatic N) is 6. The summed E-state index contributed by atoms with van der Waals surface area (Å²) in [5.41, 5.74) is 3.39. The molecule has 8 nitrogen and oxygen atoms in total. The summed E-state index contributed by atoms with van der Waals surface area (Å²) < 4.78 is 8.83. The molecule has 0 aliphatic rings. The van der Waals surface area contributed by atoms with E-state index in [1.807, 2.05) is 31.4 Å². The average Bonchev–Trinajstić information content (AvgIpc) is 3.17. The minimum absolute atomic E-state index is 0.113. The Hall–Kier alpha value is -3.46. The zero-order valence-corrected chi connectivity index (χ0v) is 16.8. The number of hydrogen-bond acceptors (Lipinski definition) is 7. The molecule has 4 rings (SSSR count). The molecule has 146 valence electrons. The molecule has 0 aliphatic heterocycles. The van der Waals surface area contributed by atoms with Crippen molar-refractivity contribution in [2.24, 2.45) is 7.05 Å². The normalized spacial score (nSPS) is 11.0. The van der Waals surface area contributed by atoms with Crippen LogP contribution < -0.4 is 0 Å². The first-order chi connectivity index (χ1) is 14.1. The van der Waals surface area contributed by atoms with Gasteiger partial charge in [-0.3, -0.25) is 9.67 Å². The van der Waals surface area contributed by atoms with Gasteiger partial charge >= 0.3 is 5.97 Å². The zero-order chi connectivity index (χ0) is 20.4. The number of rotatable bonds is 5. The summed E-state index contributed by atoms with van der Waals surface area (Å²) in [6.07, 6.45) is 7.12. The van der Waals surface area contributed by atoms with E-state index in [4.69, 9.17) is 17.0 Å². The number of aryl methyl sites for hydroxylation is 1. The quantitative estimate of drug-likeness (QED) is 0.371. The van der Waals surface area contributed by atoms with Gasteiger partial charge in [-0.1, -0.05) is 18.3 Å². The van der Waals surface area contributed by atoms with Crippen molar-refractivity contribution in [3.63, 3.8) is 0 Å². The minimum Gasteiger partial charge on any atom is -0.461 e. The molecule has 4 aromatic heterocycles. The summed E-state index contributed by atoms with van der Waals surface area (Å²) in [7, 11) is 1.86. The van der Waals surface area contributed by atoms with E-state index in [9.17, 15) is 4.79 Å². The van der Waals surface area contributed by atoms with Gasteiger partial charge in [-0.05, 0) is 30.7 Å². The first kappa shape index (κ1) is 18.9. The fourth-order valence-electron chi connectivity index (χ4n) is 2.98. The second-order valence-electron chi connectivity index (χ2n) is 6.38. The summed E-state index contributed by atoms with van der Waals surface area (Å²) >= 11 is 5.44. The monoisotopic (exact) mass is 406 g/mol. The van der Waals surface area contributed by atoms with Gasteiger partial charge in [0.2, 0.25) is 0 Å². The van der Waals surface area contributed by atoms with E-state index in [2.05, 4.69) is 20.2 Å². The molecule has 0 saturated heterocycles. The van der Waals surface area contributed by atoms with E-state index in [0.29, 0.717) is 22.1 Å². The van der Waals surface area contributed by atoms with Crippen molar-refractivity contribution in [1.82, 2.24) is 29.5 Å². The molecule has 4 aromatic rings. The highest BCUT2D eigenvalue weighted by molar-refractivity contribution is 7.71. The fourth-order valence-corrected chi connectivity index (χ4v) is 3.26. The number of pyridine rings is 2. The smallest absolute Gasteiger partial charge is 0.360 e. The second-order valence-corrected chi connectivity index (χ2v) is 6.79. The van der Waals surface area contributed by atoms with Crippen LogP contribution in [-0.4, -0.2) is 42.1 Å². The summed E-state index contributed by atoms with van der Waals surface area (Å²) in [6, 6.07) is 7.50. The molecule has 29 heavy (non-hydrogen) atoms. The summed E-state index contributed by atoms with van der Waals surface area (Å²) in [5, 5.41) is 9.28. The highest BCUT2D eigenvalue weighted by atomic mass is 32.1. The first-order valence-electron chi connectivity index (χ1n) is 9.03. The molecule has 0 unspecified atom stereocenters. The van der Waals surface area contributed by atoms with E-state index >= 15 is 0 Å². The van der Waals surface area contributed by atoms with Gasteiger partial charge in [0.1, 0.15) is 0 Å². The van der Waals surface area contributed by atoms with Crippen LogP contribution in [0.3, 0.4) is 0 Å². The Morgan fingerprint density at radius 1 is 1.21 bits per heavy atom. The number of hydrogen-bond donors (Lipinski definition) is 0. The molecule has 0 aromatic carbocycles. The molecule has 0 spiro atoms. The highest BCUT2D eigenvalue weighted by Gasteiger charge is 2.17. The number of carbonyl (C=O) groups excluding carboxylic acids is 1. The van der Waals surface area contributed by atoms with Gasteiger partial charge in [0.05, 0.1) is 29.6 Å². The van der Waals surface area contributed by atoms with Gasteiger partial charge in [-0.2, -0.15) is 10.2 Å². The zero-order valence-electron chi connectivity index (χ0n) is 15.9. The van der Waals surface area contributed by atoms with E-state index in [1.54, 1.807) is 40.9 Å². The lowest BCUT2D eigenvalue weighted by atomic mass is 10.2. The Kier molecular flexibility index (Phi) is 5.13. The summed E-state index contributed by atoms with van der Waals surface area (Å²) in [5.74, 6) is -0.540. The lowest BCUT2D eigenvalue weighted by Gasteiger charge is -2.12. The maximum atomic E-state index is 12.3. The Bertz CT molecular complexity index is 1250. The third-order valence-corrected chi connectivity index (χ3v) is 4.75. The third-order valence-electron chi connectivity index (χ3n) is 4.34. The molecule has 0 fully saturated rings. The molecule has 0 bridgehead atoms. The molecule has 0 aliphatic carbocycles. The molecule has 0 N–H and O–H groups in total. The van der Waals surface area contributed by atoms with Crippen molar-refractivity contribution in [1.29, 1.82) is 0 Å². The van der Waals surface area contributed by atoms with Crippen LogP contribution >= 0.6 is 12.2 Å². The lowest BCUT2D eigenvalue weighted by Crippen LogP contribution is -2.16. The standard InChI is InChI=1S/C20H18N6O2S/c1-3-28-20(27)17-18(29)15-5-4-8-21-19(15)26(24-17)11-13-6-7-16(22-9-13)14-10-23-25(2)12-14/h4-10,12H,3,11H2,1-2H3. The molecule has 4 heterocycles. The molecule has 0 amide bonds. The van der Waals surface area contributed by atoms with Crippen molar-refractivity contribution in [2.45, 2.75) is 13.5 Å². The molecule has 0 atom stereocenters. The highest BCUT2D eigenvalue weighted by Crippen LogP contribution is 2.19. The van der Waals surface area contributed by atoms with E-state index < -0.39 is 5.97 Å². The summed E-state index contributed by atoms with van der Waals surface area (Å²) in [6.45, 7) is 2.38. The van der Waals surface area contributed by atoms with Crippen LogP contribution in [0.25, 0.3) is 22.3 Å². The molecule has 0 radical (unpaired) electrons. The van der Waals surface area contributed by atoms with Crippen molar-refractivity contribution >= 4 is 29.2 Å². The number of carbonyl (C=O) groups is 1. The summed E-state index contributed by atoms with van der Waals surface area (Å²) in [4.78, 5) is 21.2. The Balaban J connectivity index is 1.72. The van der Waals surface area contributed by atoms with Crippen LogP contribution in [0.1, 0.15) is 23.0 Å². The number of esters is 1. The van der Waals surface area contributed by atoms with Crippen LogP contribution in [0.5, 0.6) is 0 Å². The van der Waals surface area contributed by atoms with Crippen molar-refractivity contribution < 1.29 is 9.53 Å². The maximum absolute atomic E-state index is 12.3. The van der Waals surface area contributed by atoms with Crippen LogP contribution in [0.4, 0.5) is 0 Å². The van der Waals surface area contributed by atoms with Crippen LogP contribution in [-0.2, 0) is 18.3 Å². The van der Waals surface area contributed by atoms with Gasteiger partial charge in [0.15, 0.2) is 11.3 Å². The predicted octanol–water partition coefficient (Wildman–Crippen LogP) is 3.18. The molecular weight excluding hydrogens is 388 g/mol. The van der Waals surface area contributed by atoms with Crippen LogP contribution in [0, 0.1) is 4.51 Å². The van der Waals surface area contributed by atoms with Gasteiger partial charge in [-0.15, -0.1) is 0 Å². The van der Waals surface area contributed by atoms with Crippen LogP contribution in [0.15, 0.2) is 49.1 Å². The Morgan fingerprint density at radius 3 is 2.76 bits per heavy atom. The predicted molar refractivity (Wildman–Crippen MR) is 110 cm³/mol. The van der Waals surface area contributed by atoms with Gasteiger partial charge in [0, 0.05) is 36.6 Å². The van der Waals surface area contributed by atoms with Crippen molar-refractivity contribution in [3.05, 3.63) is 64.8 Å². The Morgan fingerprint density at radius 2 is 2.07 bits per heavy atom. The van der Waals surface area contributed by atoms with Gasteiger partial charge in [-0.25, -0.2) is 14.5 Å².